The Morgan fingerprint density at radius 2 is 2.05 bits per heavy atom. The first-order chi connectivity index (χ1) is 10.8. The van der Waals surface area contributed by atoms with Gasteiger partial charge in [0.2, 0.25) is 0 Å². The maximum absolute atomic E-state index is 5.62. The third kappa shape index (κ3) is 5.33. The molecule has 0 fully saturated rings. The van der Waals surface area contributed by atoms with Gasteiger partial charge in [-0.25, -0.2) is 0 Å². The average Bonchev–Trinajstić information content (AvgIpc) is 2.56. The second-order valence-corrected chi connectivity index (χ2v) is 5.17. The second kappa shape index (κ2) is 9.00. The Kier molecular flexibility index (Phi) is 6.64. The molecule has 1 aromatic carbocycles. The molecule has 0 atom stereocenters. The number of ether oxygens (including phenoxy) is 1. The fourth-order valence-corrected chi connectivity index (χ4v) is 2.24. The average molecular weight is 315 g/mol. The number of aromatic nitrogens is 1. The number of hydrogen-bond donors (Lipinski definition) is 2. The summed E-state index contributed by atoms with van der Waals surface area (Å²) < 4.78 is 5.62. The first kappa shape index (κ1) is 16.2. The van der Waals surface area contributed by atoms with Gasteiger partial charge in [0, 0.05) is 25.5 Å². The number of hydrogen-bond acceptors (Lipinski definition) is 3. The van der Waals surface area contributed by atoms with Crippen LogP contribution in [0.5, 0.6) is 5.75 Å². The van der Waals surface area contributed by atoms with Gasteiger partial charge >= 0.3 is 0 Å². The molecule has 0 radical (unpaired) electrons. The highest BCUT2D eigenvalue weighted by Gasteiger charge is 2.02. The quantitative estimate of drug-likeness (QED) is 0.769. The van der Waals surface area contributed by atoms with E-state index in [-0.39, 0.29) is 0 Å². The van der Waals surface area contributed by atoms with Crippen molar-refractivity contribution >= 4 is 17.3 Å². The van der Waals surface area contributed by atoms with Crippen molar-refractivity contribution in [3.05, 3.63) is 59.9 Å². The Morgan fingerprint density at radius 3 is 2.82 bits per heavy atom. The van der Waals surface area contributed by atoms with Crippen molar-refractivity contribution < 1.29 is 4.74 Å². The van der Waals surface area contributed by atoms with Crippen LogP contribution >= 0.6 is 12.2 Å². The molecule has 2 rings (SSSR count). The number of pyridine rings is 1. The first-order valence-electron chi connectivity index (χ1n) is 7.41. The van der Waals surface area contributed by atoms with Crippen LogP contribution in [0.2, 0.25) is 0 Å². The van der Waals surface area contributed by atoms with Crippen molar-refractivity contribution in [2.45, 2.75) is 19.9 Å². The van der Waals surface area contributed by atoms with Crippen LogP contribution in [0.15, 0.2) is 48.8 Å². The first-order valence-corrected chi connectivity index (χ1v) is 7.81. The fraction of sp³-hybridized carbons (Fsp3) is 0.294. The molecule has 116 valence electrons. The van der Waals surface area contributed by atoms with E-state index in [4.69, 9.17) is 17.0 Å². The van der Waals surface area contributed by atoms with Gasteiger partial charge < -0.3 is 15.4 Å². The van der Waals surface area contributed by atoms with Crippen molar-refractivity contribution in [3.63, 3.8) is 0 Å². The van der Waals surface area contributed by atoms with Gasteiger partial charge in [0.1, 0.15) is 5.75 Å². The number of nitrogens with one attached hydrogen (secondary N) is 2. The molecular formula is C17H21N3OS. The standard InChI is InChI=1S/C17H21N3OS/c1-2-21-16-8-4-3-7-15(16)9-11-19-17(22)20-13-14-6-5-10-18-12-14/h3-8,10,12H,2,9,11,13H2,1H3,(H2,19,20,22). The molecule has 0 spiro atoms. The molecule has 5 heteroatoms. The molecule has 0 saturated carbocycles. The van der Waals surface area contributed by atoms with Crippen molar-refractivity contribution in [2.75, 3.05) is 13.2 Å². The van der Waals surface area contributed by atoms with Crippen molar-refractivity contribution in [2.24, 2.45) is 0 Å². The van der Waals surface area contributed by atoms with E-state index in [2.05, 4.69) is 21.7 Å². The Morgan fingerprint density at radius 1 is 1.18 bits per heavy atom. The maximum Gasteiger partial charge on any atom is 0.166 e. The minimum Gasteiger partial charge on any atom is -0.494 e. The highest BCUT2D eigenvalue weighted by Crippen LogP contribution is 2.17. The minimum absolute atomic E-state index is 0.651. The Labute approximate surface area is 136 Å². The van der Waals surface area contributed by atoms with E-state index < -0.39 is 0 Å². The van der Waals surface area contributed by atoms with E-state index in [1.807, 2.05) is 43.5 Å². The Bertz CT molecular complexity index is 589. The summed E-state index contributed by atoms with van der Waals surface area (Å²) in [5.41, 5.74) is 2.29. The Hall–Kier alpha value is -2.14. The number of nitrogens with zero attached hydrogens (tertiary/aromatic N) is 1. The molecule has 2 N–H and O–H groups in total. The zero-order valence-corrected chi connectivity index (χ0v) is 13.5. The molecule has 0 aliphatic carbocycles. The highest BCUT2D eigenvalue weighted by molar-refractivity contribution is 7.80. The molecule has 1 aromatic heterocycles. The molecule has 0 amide bonds. The van der Waals surface area contributed by atoms with E-state index in [1.54, 1.807) is 6.20 Å². The molecule has 0 aliphatic rings. The van der Waals surface area contributed by atoms with E-state index in [0.29, 0.717) is 18.3 Å². The SMILES string of the molecule is CCOc1ccccc1CCNC(=S)NCc1cccnc1. The molecule has 0 saturated heterocycles. The molecule has 0 aliphatic heterocycles. The molecule has 0 bridgehead atoms. The van der Waals surface area contributed by atoms with Crippen LogP contribution in [0.4, 0.5) is 0 Å². The van der Waals surface area contributed by atoms with Crippen molar-refractivity contribution in [1.82, 2.24) is 15.6 Å². The van der Waals surface area contributed by atoms with Gasteiger partial charge in [-0.1, -0.05) is 24.3 Å². The van der Waals surface area contributed by atoms with Gasteiger partial charge in [-0.3, -0.25) is 4.98 Å². The van der Waals surface area contributed by atoms with Crippen molar-refractivity contribution in [3.8, 4) is 5.75 Å². The van der Waals surface area contributed by atoms with Gasteiger partial charge in [-0.05, 0) is 48.8 Å². The molecule has 0 unspecified atom stereocenters. The largest absolute Gasteiger partial charge is 0.494 e. The monoisotopic (exact) mass is 315 g/mol. The molecule has 2 aromatic rings. The van der Waals surface area contributed by atoms with E-state index >= 15 is 0 Å². The predicted octanol–water partition coefficient (Wildman–Crippen LogP) is 2.69. The van der Waals surface area contributed by atoms with Gasteiger partial charge in [0.05, 0.1) is 6.61 Å². The van der Waals surface area contributed by atoms with Crippen LogP contribution in [0.25, 0.3) is 0 Å². The number of rotatable bonds is 7. The number of para-hydroxylation sites is 1. The number of thiocarbonyl (C=S) groups is 1. The maximum atomic E-state index is 5.62. The molecule has 1 heterocycles. The van der Waals surface area contributed by atoms with Crippen LogP contribution in [0.1, 0.15) is 18.1 Å². The topological polar surface area (TPSA) is 46.2 Å². The summed E-state index contributed by atoms with van der Waals surface area (Å²) in [6, 6.07) is 12.0. The van der Waals surface area contributed by atoms with Crippen LogP contribution in [-0.4, -0.2) is 23.2 Å². The summed E-state index contributed by atoms with van der Waals surface area (Å²) in [5.74, 6) is 0.945. The summed E-state index contributed by atoms with van der Waals surface area (Å²) in [6.07, 6.45) is 4.45. The summed E-state index contributed by atoms with van der Waals surface area (Å²) in [7, 11) is 0. The zero-order chi connectivity index (χ0) is 15.6. The lowest BCUT2D eigenvalue weighted by atomic mass is 10.1. The van der Waals surface area contributed by atoms with Crippen LogP contribution in [-0.2, 0) is 13.0 Å². The van der Waals surface area contributed by atoms with Gasteiger partial charge in [0.25, 0.3) is 0 Å². The summed E-state index contributed by atoms with van der Waals surface area (Å²) in [5, 5.41) is 7.04. The lowest BCUT2D eigenvalue weighted by Crippen LogP contribution is -2.35. The normalized spacial score (nSPS) is 10.0. The lowest BCUT2D eigenvalue weighted by Gasteiger charge is -2.12. The summed E-state index contributed by atoms with van der Waals surface area (Å²) in [4.78, 5) is 4.07. The van der Waals surface area contributed by atoms with Crippen LogP contribution in [0.3, 0.4) is 0 Å². The van der Waals surface area contributed by atoms with Gasteiger partial charge in [0.15, 0.2) is 5.11 Å². The summed E-state index contributed by atoms with van der Waals surface area (Å²) >= 11 is 5.28. The third-order valence-electron chi connectivity index (χ3n) is 3.13. The van der Waals surface area contributed by atoms with Crippen LogP contribution in [0, 0.1) is 0 Å². The minimum atomic E-state index is 0.651. The molecule has 22 heavy (non-hydrogen) atoms. The van der Waals surface area contributed by atoms with Crippen LogP contribution < -0.4 is 15.4 Å². The zero-order valence-electron chi connectivity index (χ0n) is 12.7. The molecule has 4 nitrogen and oxygen atoms in total. The number of benzene rings is 1. The second-order valence-electron chi connectivity index (χ2n) is 4.76. The third-order valence-corrected chi connectivity index (χ3v) is 3.42. The predicted molar refractivity (Wildman–Crippen MR) is 93.0 cm³/mol. The van der Waals surface area contributed by atoms with Crippen molar-refractivity contribution in [1.29, 1.82) is 0 Å². The van der Waals surface area contributed by atoms with E-state index in [1.165, 1.54) is 5.56 Å². The van der Waals surface area contributed by atoms with Gasteiger partial charge in [-0.2, -0.15) is 0 Å². The smallest absolute Gasteiger partial charge is 0.166 e. The molecular weight excluding hydrogens is 294 g/mol. The van der Waals surface area contributed by atoms with Gasteiger partial charge in [-0.15, -0.1) is 0 Å². The Balaban J connectivity index is 1.73. The highest BCUT2D eigenvalue weighted by atomic mass is 32.1. The fourth-order valence-electron chi connectivity index (χ4n) is 2.06. The lowest BCUT2D eigenvalue weighted by molar-refractivity contribution is 0.336. The van der Waals surface area contributed by atoms with E-state index in [9.17, 15) is 0 Å². The summed E-state index contributed by atoms with van der Waals surface area (Å²) in [6.45, 7) is 4.11. The van der Waals surface area contributed by atoms with E-state index in [0.717, 1.165) is 24.3 Å².